The number of hydrogen-bond acceptors (Lipinski definition) is 1. The van der Waals surface area contributed by atoms with Gasteiger partial charge in [-0.1, -0.05) is 97.1 Å². The van der Waals surface area contributed by atoms with Crippen molar-refractivity contribution in [3.8, 4) is 0 Å². The van der Waals surface area contributed by atoms with Gasteiger partial charge in [0.15, 0.2) is 0 Å². The predicted molar refractivity (Wildman–Crippen MR) is 104 cm³/mol. The van der Waals surface area contributed by atoms with Gasteiger partial charge in [-0.3, -0.25) is 0 Å². The van der Waals surface area contributed by atoms with Gasteiger partial charge in [-0.15, -0.1) is 6.58 Å². The molecule has 0 spiro atoms. The predicted octanol–water partition coefficient (Wildman–Crippen LogP) is 4.32. The summed E-state index contributed by atoms with van der Waals surface area (Å²) in [4.78, 5) is 0. The second-order valence-electron chi connectivity index (χ2n) is 5.95. The Morgan fingerprint density at radius 2 is 1.17 bits per heavy atom. The van der Waals surface area contributed by atoms with Gasteiger partial charge < -0.3 is 4.43 Å². The first-order valence-corrected chi connectivity index (χ1v) is 10.6. The lowest BCUT2D eigenvalue weighted by Crippen LogP contribution is -2.58. The highest BCUT2D eigenvalue weighted by atomic mass is 28.4. The molecule has 3 rings (SSSR count). The quantitative estimate of drug-likeness (QED) is 0.483. The SMILES string of the molecule is C=CC(O[Si](C)(c1ccccc1)c1ccccc1)c1ccccc1. The Labute approximate surface area is 145 Å². The molecule has 1 unspecified atom stereocenters. The van der Waals surface area contributed by atoms with E-state index in [1.54, 1.807) is 0 Å². The van der Waals surface area contributed by atoms with Crippen molar-refractivity contribution in [3.05, 3.63) is 109 Å². The van der Waals surface area contributed by atoms with Crippen molar-refractivity contribution in [2.75, 3.05) is 0 Å². The van der Waals surface area contributed by atoms with Crippen molar-refractivity contribution >= 4 is 18.7 Å². The molecule has 24 heavy (non-hydrogen) atoms. The van der Waals surface area contributed by atoms with Gasteiger partial charge in [0.2, 0.25) is 0 Å². The second kappa shape index (κ2) is 7.43. The fraction of sp³-hybridized carbons (Fsp3) is 0.0909. The lowest BCUT2D eigenvalue weighted by molar-refractivity contribution is 0.255. The molecule has 0 bridgehead atoms. The van der Waals surface area contributed by atoms with Gasteiger partial charge in [0.1, 0.15) is 0 Å². The lowest BCUT2D eigenvalue weighted by atomic mass is 10.1. The topological polar surface area (TPSA) is 9.23 Å². The Bertz CT molecular complexity index is 729. The number of hydrogen-bond donors (Lipinski definition) is 0. The van der Waals surface area contributed by atoms with E-state index in [9.17, 15) is 0 Å². The fourth-order valence-electron chi connectivity index (χ4n) is 2.96. The van der Waals surface area contributed by atoms with Gasteiger partial charge in [-0.2, -0.15) is 0 Å². The van der Waals surface area contributed by atoms with Crippen LogP contribution in [0.15, 0.2) is 104 Å². The van der Waals surface area contributed by atoms with Crippen LogP contribution in [0, 0.1) is 0 Å². The Morgan fingerprint density at radius 1 is 0.750 bits per heavy atom. The van der Waals surface area contributed by atoms with Crippen molar-refractivity contribution in [2.24, 2.45) is 0 Å². The van der Waals surface area contributed by atoms with E-state index in [1.165, 1.54) is 10.4 Å². The highest BCUT2D eigenvalue weighted by molar-refractivity contribution is 6.96. The Hall–Kier alpha value is -2.42. The molecule has 0 aliphatic carbocycles. The highest BCUT2D eigenvalue weighted by Gasteiger charge is 2.36. The fourth-order valence-corrected chi connectivity index (χ4v) is 5.97. The summed E-state index contributed by atoms with van der Waals surface area (Å²) in [6.45, 7) is 6.27. The van der Waals surface area contributed by atoms with Crippen LogP contribution in [0.25, 0.3) is 0 Å². The summed E-state index contributed by atoms with van der Waals surface area (Å²) >= 11 is 0. The molecule has 1 nitrogen and oxygen atoms in total. The molecule has 3 aromatic carbocycles. The maximum atomic E-state index is 6.77. The smallest absolute Gasteiger partial charge is 0.254 e. The number of benzene rings is 3. The molecule has 120 valence electrons. The third kappa shape index (κ3) is 3.40. The zero-order chi connectivity index (χ0) is 16.8. The minimum atomic E-state index is -2.34. The molecule has 0 amide bonds. The molecule has 0 saturated heterocycles. The normalized spacial score (nSPS) is 12.5. The van der Waals surface area contributed by atoms with Crippen LogP contribution >= 0.6 is 0 Å². The highest BCUT2D eigenvalue weighted by Crippen LogP contribution is 2.23. The Kier molecular flexibility index (Phi) is 5.09. The molecule has 3 aromatic rings. The van der Waals surface area contributed by atoms with Crippen LogP contribution in [0.1, 0.15) is 11.7 Å². The van der Waals surface area contributed by atoms with E-state index >= 15 is 0 Å². The van der Waals surface area contributed by atoms with Gasteiger partial charge >= 0.3 is 0 Å². The summed E-state index contributed by atoms with van der Waals surface area (Å²) in [6.07, 6.45) is 1.77. The van der Waals surface area contributed by atoms with Crippen molar-refractivity contribution in [1.82, 2.24) is 0 Å². The van der Waals surface area contributed by atoms with Crippen LogP contribution < -0.4 is 10.4 Å². The summed E-state index contributed by atoms with van der Waals surface area (Å²) in [6, 6.07) is 31.4. The molecule has 2 heteroatoms. The maximum absolute atomic E-state index is 6.77. The van der Waals surface area contributed by atoms with Gasteiger partial charge in [0.25, 0.3) is 8.32 Å². The molecular weight excluding hydrogens is 308 g/mol. The van der Waals surface area contributed by atoms with Crippen molar-refractivity contribution in [2.45, 2.75) is 12.7 Å². The maximum Gasteiger partial charge on any atom is 0.254 e. The van der Waals surface area contributed by atoms with Crippen LogP contribution in [0.3, 0.4) is 0 Å². The van der Waals surface area contributed by atoms with E-state index in [2.05, 4.69) is 73.8 Å². The zero-order valence-electron chi connectivity index (χ0n) is 13.9. The standard InChI is InChI=1S/C22H22OSi/c1-3-22(19-13-7-4-8-14-19)23-24(2,20-15-9-5-10-16-20)21-17-11-6-12-18-21/h3-18,22H,1H2,2H3. The molecule has 0 radical (unpaired) electrons. The summed E-state index contributed by atoms with van der Waals surface area (Å²) in [5.74, 6) is 0. The van der Waals surface area contributed by atoms with Crippen LogP contribution in [-0.2, 0) is 4.43 Å². The summed E-state index contributed by atoms with van der Waals surface area (Å²) in [5, 5.41) is 2.53. The first-order valence-electron chi connectivity index (χ1n) is 8.20. The summed E-state index contributed by atoms with van der Waals surface area (Å²) in [5.41, 5.74) is 1.14. The molecule has 0 aliphatic heterocycles. The van der Waals surface area contributed by atoms with E-state index in [0.29, 0.717) is 0 Å². The first kappa shape index (κ1) is 16.4. The van der Waals surface area contributed by atoms with Crippen molar-refractivity contribution in [1.29, 1.82) is 0 Å². The van der Waals surface area contributed by atoms with E-state index in [1.807, 2.05) is 36.4 Å². The molecule has 1 atom stereocenters. The van der Waals surface area contributed by atoms with E-state index in [4.69, 9.17) is 4.43 Å². The minimum absolute atomic E-state index is 0.122. The van der Waals surface area contributed by atoms with E-state index in [0.717, 1.165) is 5.56 Å². The van der Waals surface area contributed by atoms with Gasteiger partial charge in [-0.05, 0) is 22.5 Å². The number of rotatable bonds is 6. The van der Waals surface area contributed by atoms with Crippen LogP contribution in [0.2, 0.25) is 6.55 Å². The van der Waals surface area contributed by atoms with Gasteiger partial charge in [-0.25, -0.2) is 0 Å². The minimum Gasteiger partial charge on any atom is -0.398 e. The van der Waals surface area contributed by atoms with Crippen molar-refractivity contribution in [3.63, 3.8) is 0 Å². The van der Waals surface area contributed by atoms with Crippen LogP contribution in [0.5, 0.6) is 0 Å². The first-order chi connectivity index (χ1) is 11.7. The third-order valence-electron chi connectivity index (χ3n) is 4.35. The summed E-state index contributed by atoms with van der Waals surface area (Å²) in [7, 11) is -2.34. The molecule has 0 heterocycles. The van der Waals surface area contributed by atoms with Crippen LogP contribution in [-0.4, -0.2) is 8.32 Å². The van der Waals surface area contributed by atoms with E-state index in [-0.39, 0.29) is 6.10 Å². The Balaban J connectivity index is 2.04. The molecule has 0 fully saturated rings. The molecule has 0 aromatic heterocycles. The van der Waals surface area contributed by atoms with Gasteiger partial charge in [0, 0.05) is 0 Å². The Morgan fingerprint density at radius 3 is 1.58 bits per heavy atom. The average molecular weight is 331 g/mol. The zero-order valence-corrected chi connectivity index (χ0v) is 14.9. The average Bonchev–Trinajstić information content (AvgIpc) is 2.68. The van der Waals surface area contributed by atoms with Gasteiger partial charge in [0.05, 0.1) is 6.10 Å². The van der Waals surface area contributed by atoms with Crippen LogP contribution in [0.4, 0.5) is 0 Å². The summed E-state index contributed by atoms with van der Waals surface area (Å²) < 4.78 is 6.77. The van der Waals surface area contributed by atoms with E-state index < -0.39 is 8.32 Å². The molecule has 0 saturated carbocycles. The molecular formula is C22H22OSi. The largest absolute Gasteiger partial charge is 0.398 e. The second-order valence-corrected chi connectivity index (χ2v) is 9.41. The molecule has 0 N–H and O–H groups in total. The molecule has 0 aliphatic rings. The monoisotopic (exact) mass is 330 g/mol. The van der Waals surface area contributed by atoms with Crippen molar-refractivity contribution < 1.29 is 4.43 Å². The third-order valence-corrected chi connectivity index (χ3v) is 7.95. The lowest BCUT2D eigenvalue weighted by Gasteiger charge is -2.32.